The molecule has 0 saturated heterocycles. The Balaban J connectivity index is 0.953. The van der Waals surface area contributed by atoms with Crippen molar-refractivity contribution >= 4 is 17.1 Å². The van der Waals surface area contributed by atoms with E-state index in [4.69, 9.17) is 0 Å². The first-order chi connectivity index (χ1) is 37.1. The number of benzene rings is 9. The molecule has 4 bridgehead atoms. The van der Waals surface area contributed by atoms with E-state index in [1.165, 1.54) is 138 Å². The zero-order valence-corrected chi connectivity index (χ0v) is 46.3. The molecule has 0 unspecified atom stereocenters. The Bertz CT molecular complexity index is 3760. The van der Waals surface area contributed by atoms with E-state index < -0.39 is 5.41 Å². The van der Waals surface area contributed by atoms with Crippen molar-refractivity contribution in [3.8, 4) is 44.5 Å². The molecule has 4 saturated carbocycles. The number of rotatable bonds is 6. The van der Waals surface area contributed by atoms with Gasteiger partial charge < -0.3 is 4.90 Å². The van der Waals surface area contributed by atoms with Gasteiger partial charge in [0.25, 0.3) is 0 Å². The van der Waals surface area contributed by atoms with Gasteiger partial charge in [0.2, 0.25) is 0 Å². The molecule has 0 aromatic heterocycles. The summed E-state index contributed by atoms with van der Waals surface area (Å²) in [6.07, 6.45) is 6.90. The minimum absolute atomic E-state index is 0.0307. The quantitative estimate of drug-likeness (QED) is 0.160. The lowest BCUT2D eigenvalue weighted by molar-refractivity contribution is -0.0399. The van der Waals surface area contributed by atoms with Gasteiger partial charge in [-0.15, -0.1) is 0 Å². The first-order valence-electron chi connectivity index (χ1n) is 29.0. The molecule has 1 spiro atoms. The fraction of sp³-hybridized carbons (Fsp3) is 0.289. The SMILES string of the molecule is CC(C)(C)c1ccc(C2(c3ccc(C(C)(C)C)cc3)c3ccccc3-c3ccc(N(c4ccc(-c5cccc6c5C(C)(C)c5ccccc5-6)cc4)c4ccc5c(c4)C4(c6ccccc6-5)C5CC6CC(C5)CC4C6)cc32)cc1. The van der Waals surface area contributed by atoms with E-state index in [0.29, 0.717) is 11.8 Å². The third-order valence-electron chi connectivity index (χ3n) is 20.5. The topological polar surface area (TPSA) is 3.24 Å². The second-order valence-electron chi connectivity index (χ2n) is 26.9. The van der Waals surface area contributed by atoms with Crippen LogP contribution in [0.15, 0.2) is 200 Å². The predicted octanol–water partition coefficient (Wildman–Crippen LogP) is 19.8. The van der Waals surface area contributed by atoms with Gasteiger partial charge in [-0.2, -0.15) is 0 Å². The fourth-order valence-corrected chi connectivity index (χ4v) is 17.2. The van der Waals surface area contributed by atoms with E-state index in [1.54, 1.807) is 11.1 Å². The maximum absolute atomic E-state index is 2.68. The molecule has 0 heterocycles. The molecule has 9 aromatic carbocycles. The Morgan fingerprint density at radius 3 is 1.35 bits per heavy atom. The second-order valence-corrected chi connectivity index (χ2v) is 26.9. The molecule has 0 aliphatic heterocycles. The molecule has 4 fully saturated rings. The second kappa shape index (κ2) is 16.4. The molecular formula is C76H71N. The van der Waals surface area contributed by atoms with Crippen molar-refractivity contribution in [2.75, 3.05) is 4.90 Å². The van der Waals surface area contributed by atoms with Crippen LogP contribution < -0.4 is 4.90 Å². The van der Waals surface area contributed by atoms with Crippen LogP contribution in [-0.4, -0.2) is 0 Å². The Morgan fingerprint density at radius 1 is 0.364 bits per heavy atom. The average molecular weight is 998 g/mol. The highest BCUT2D eigenvalue weighted by Gasteiger charge is 2.61. The minimum Gasteiger partial charge on any atom is -0.310 e. The molecule has 1 nitrogen and oxygen atoms in total. The van der Waals surface area contributed by atoms with E-state index in [9.17, 15) is 0 Å². The van der Waals surface area contributed by atoms with E-state index >= 15 is 0 Å². The zero-order valence-electron chi connectivity index (χ0n) is 46.3. The summed E-state index contributed by atoms with van der Waals surface area (Å²) < 4.78 is 0. The van der Waals surface area contributed by atoms with Gasteiger partial charge in [0, 0.05) is 27.9 Å². The molecule has 16 rings (SSSR count). The lowest BCUT2D eigenvalue weighted by Crippen LogP contribution is -2.55. The Labute approximate surface area is 458 Å². The molecule has 0 amide bonds. The lowest BCUT2D eigenvalue weighted by atomic mass is 9.43. The fourth-order valence-electron chi connectivity index (χ4n) is 17.2. The number of hydrogen-bond donors (Lipinski definition) is 0. The summed E-state index contributed by atoms with van der Waals surface area (Å²) in [6.45, 7) is 18.8. The third-order valence-corrected chi connectivity index (χ3v) is 20.5. The number of nitrogens with zero attached hydrogens (tertiary/aromatic N) is 1. The van der Waals surface area contributed by atoms with E-state index in [0.717, 1.165) is 11.8 Å². The minimum atomic E-state index is -0.563. The van der Waals surface area contributed by atoms with E-state index in [1.807, 2.05) is 0 Å². The van der Waals surface area contributed by atoms with Gasteiger partial charge in [-0.05, 0) is 203 Å². The maximum Gasteiger partial charge on any atom is 0.0714 e. The Hall–Kier alpha value is -7.22. The van der Waals surface area contributed by atoms with Crippen molar-refractivity contribution in [2.24, 2.45) is 23.7 Å². The maximum atomic E-state index is 2.68. The van der Waals surface area contributed by atoms with Crippen LogP contribution in [0, 0.1) is 23.7 Å². The monoisotopic (exact) mass is 998 g/mol. The molecule has 77 heavy (non-hydrogen) atoms. The molecule has 7 aliphatic carbocycles. The van der Waals surface area contributed by atoms with Crippen LogP contribution in [-0.2, 0) is 27.1 Å². The van der Waals surface area contributed by atoms with E-state index in [2.05, 4.69) is 260 Å². The van der Waals surface area contributed by atoms with Crippen molar-refractivity contribution in [3.63, 3.8) is 0 Å². The van der Waals surface area contributed by atoms with Crippen LogP contribution in [0.1, 0.15) is 143 Å². The molecule has 7 aliphatic rings. The van der Waals surface area contributed by atoms with Gasteiger partial charge in [-0.1, -0.05) is 219 Å². The van der Waals surface area contributed by atoms with Crippen LogP contribution in [0.3, 0.4) is 0 Å². The number of fused-ring (bicyclic) bond motifs is 9. The van der Waals surface area contributed by atoms with Crippen LogP contribution in [0.2, 0.25) is 0 Å². The van der Waals surface area contributed by atoms with Gasteiger partial charge in [-0.25, -0.2) is 0 Å². The first-order valence-corrected chi connectivity index (χ1v) is 29.0. The van der Waals surface area contributed by atoms with Crippen molar-refractivity contribution < 1.29 is 0 Å². The smallest absolute Gasteiger partial charge is 0.0714 e. The molecule has 380 valence electrons. The zero-order chi connectivity index (χ0) is 52.4. The van der Waals surface area contributed by atoms with Gasteiger partial charge in [0.1, 0.15) is 0 Å². The highest BCUT2D eigenvalue weighted by molar-refractivity contribution is 5.93. The third kappa shape index (κ3) is 6.59. The van der Waals surface area contributed by atoms with Crippen molar-refractivity contribution in [3.05, 3.63) is 256 Å². The Morgan fingerprint density at radius 2 is 0.792 bits per heavy atom. The summed E-state index contributed by atoms with van der Waals surface area (Å²) in [5, 5.41) is 0. The summed E-state index contributed by atoms with van der Waals surface area (Å²) in [5.41, 5.74) is 27.8. The summed E-state index contributed by atoms with van der Waals surface area (Å²) in [4.78, 5) is 2.62. The lowest BCUT2D eigenvalue weighted by Gasteiger charge is -2.61. The van der Waals surface area contributed by atoms with Gasteiger partial charge in [0.05, 0.1) is 5.41 Å². The molecular weight excluding hydrogens is 927 g/mol. The van der Waals surface area contributed by atoms with Gasteiger partial charge >= 0.3 is 0 Å². The van der Waals surface area contributed by atoms with Crippen molar-refractivity contribution in [1.29, 1.82) is 0 Å². The van der Waals surface area contributed by atoms with Crippen LogP contribution >= 0.6 is 0 Å². The molecule has 1 heteroatoms. The highest BCUT2D eigenvalue weighted by atomic mass is 15.1. The van der Waals surface area contributed by atoms with Crippen molar-refractivity contribution in [2.45, 2.75) is 115 Å². The predicted molar refractivity (Wildman–Crippen MR) is 322 cm³/mol. The Kier molecular flexibility index (Phi) is 10.0. The standard InChI is InChI=1S/C76H71N/c1-72(2,3)50-26-30-52(31-27-50)75(53-32-28-51(29-33-53)73(4,5)6)67-22-13-10-16-60(67)63-38-36-57(45-69(63)75)77(56-34-24-49(25-35-56)59-19-15-20-65-62-18-9-12-21-66(62)74(7,8)71(59)65)58-37-39-64-61-17-11-14-23-68(61)76(70(64)46-58)54-41-47-40-48(43-54)44-55(76)42-47/h9-39,45-48,54-55H,40-44H2,1-8H3. The summed E-state index contributed by atoms with van der Waals surface area (Å²) in [7, 11) is 0. The van der Waals surface area contributed by atoms with Crippen LogP contribution in [0.25, 0.3) is 44.5 Å². The van der Waals surface area contributed by atoms with Crippen LogP contribution in [0.4, 0.5) is 17.1 Å². The largest absolute Gasteiger partial charge is 0.310 e. The summed E-state index contributed by atoms with van der Waals surface area (Å²) in [6, 6.07) is 78.9. The average Bonchev–Trinajstić information content (AvgIpc) is 4.07. The molecule has 9 aromatic rings. The van der Waals surface area contributed by atoms with Crippen LogP contribution in [0.5, 0.6) is 0 Å². The first kappa shape index (κ1) is 47.0. The highest BCUT2D eigenvalue weighted by Crippen LogP contribution is 2.70. The number of anilines is 3. The summed E-state index contributed by atoms with van der Waals surface area (Å²) in [5.74, 6) is 3.13. The number of hydrogen-bond acceptors (Lipinski definition) is 1. The normalized spacial score (nSPS) is 22.3. The summed E-state index contributed by atoms with van der Waals surface area (Å²) >= 11 is 0. The van der Waals surface area contributed by atoms with E-state index in [-0.39, 0.29) is 21.7 Å². The van der Waals surface area contributed by atoms with Gasteiger partial charge in [0.15, 0.2) is 0 Å². The molecule has 0 radical (unpaired) electrons. The van der Waals surface area contributed by atoms with Gasteiger partial charge in [-0.3, -0.25) is 0 Å². The molecule has 0 atom stereocenters. The molecule has 0 N–H and O–H groups in total. The van der Waals surface area contributed by atoms with Crippen molar-refractivity contribution in [1.82, 2.24) is 0 Å².